The third-order valence-electron chi connectivity index (χ3n) is 7.95. The fraction of sp³-hybridized carbons (Fsp3) is 0.933. The Kier molecular flexibility index (Phi) is 22.5. The molecule has 0 saturated heterocycles. The van der Waals surface area contributed by atoms with Gasteiger partial charge in [0.2, 0.25) is 11.8 Å². The summed E-state index contributed by atoms with van der Waals surface area (Å²) in [7, 11) is -9.22. The van der Waals surface area contributed by atoms with Crippen molar-refractivity contribution in [1.82, 2.24) is 9.80 Å². The summed E-state index contributed by atoms with van der Waals surface area (Å²) in [5, 5.41) is -3.11. The largest absolute Gasteiger partial charge is 0.322 e. The van der Waals surface area contributed by atoms with Gasteiger partial charge in [-0.25, -0.2) is 0 Å². The fourth-order valence-electron chi connectivity index (χ4n) is 5.02. The average Bonchev–Trinajstić information content (AvgIpc) is 2.91. The van der Waals surface area contributed by atoms with Gasteiger partial charge in [-0.3, -0.25) is 18.7 Å². The topological polar surface area (TPSA) is 149 Å². The molecule has 0 saturated carbocycles. The maximum atomic E-state index is 13.0. The van der Waals surface area contributed by atoms with E-state index < -0.39 is 42.8 Å². The minimum atomic E-state index is -4.61. The standard InChI is InChI=1S/C30H60N2O8S2/c1-5-7-9-11-13-15-17-19-21-23-29(33)31(27(3)41(35,36)37)25-26-32(28(4)42(38,39)40)30(34)24-22-20-18-16-14-12-10-8-6-2/h27-28H,5-26H2,1-4H3,(H,35,36,37)(H,38,39,40). The van der Waals surface area contributed by atoms with Crippen molar-refractivity contribution < 1.29 is 35.5 Å². The maximum Gasteiger partial charge on any atom is 0.286 e. The molecule has 0 bridgehead atoms. The number of rotatable bonds is 27. The Bertz CT molecular complexity index is 865. The van der Waals surface area contributed by atoms with E-state index in [1.807, 2.05) is 0 Å². The van der Waals surface area contributed by atoms with Crippen molar-refractivity contribution in [3.05, 3.63) is 0 Å². The van der Waals surface area contributed by atoms with Gasteiger partial charge in [0.1, 0.15) is 0 Å². The van der Waals surface area contributed by atoms with E-state index in [9.17, 15) is 35.5 Å². The van der Waals surface area contributed by atoms with Crippen LogP contribution in [0.3, 0.4) is 0 Å². The lowest BCUT2D eigenvalue weighted by Crippen LogP contribution is -2.50. The predicted octanol–water partition coefficient (Wildman–Crippen LogP) is 6.95. The molecule has 250 valence electrons. The summed E-state index contributed by atoms with van der Waals surface area (Å²) in [4.78, 5) is 28.0. The molecule has 0 aliphatic heterocycles. The molecule has 42 heavy (non-hydrogen) atoms. The monoisotopic (exact) mass is 640 g/mol. The molecular formula is C30H60N2O8S2. The molecule has 0 aliphatic carbocycles. The summed E-state index contributed by atoms with van der Waals surface area (Å²) in [5.74, 6) is -0.983. The highest BCUT2D eigenvalue weighted by atomic mass is 32.2. The number of unbranched alkanes of at least 4 members (excludes halogenated alkanes) is 16. The van der Waals surface area contributed by atoms with Crippen LogP contribution in [0.5, 0.6) is 0 Å². The van der Waals surface area contributed by atoms with E-state index in [1.54, 1.807) is 0 Å². The zero-order valence-electron chi connectivity index (χ0n) is 26.8. The van der Waals surface area contributed by atoms with Gasteiger partial charge in [-0.1, -0.05) is 117 Å². The van der Waals surface area contributed by atoms with E-state index in [1.165, 1.54) is 65.2 Å². The van der Waals surface area contributed by atoms with Crippen LogP contribution in [0.2, 0.25) is 0 Å². The highest BCUT2D eigenvalue weighted by Gasteiger charge is 2.33. The second kappa shape index (κ2) is 23.2. The van der Waals surface area contributed by atoms with E-state index in [4.69, 9.17) is 0 Å². The van der Waals surface area contributed by atoms with E-state index in [0.717, 1.165) is 61.2 Å². The number of carbonyl (C=O) groups is 2. The third kappa shape index (κ3) is 19.1. The first kappa shape index (κ1) is 40.8. The first-order valence-electron chi connectivity index (χ1n) is 16.3. The number of nitrogens with zero attached hydrogens (tertiary/aromatic N) is 2. The molecule has 12 heteroatoms. The molecule has 2 atom stereocenters. The SMILES string of the molecule is CCCCCCCCCCCC(=O)N(CCN(C(=O)CCCCCCCCCCC)C(C)S(=O)(=O)O)C(C)S(=O)(=O)O. The molecule has 0 spiro atoms. The van der Waals surface area contributed by atoms with Crippen LogP contribution < -0.4 is 0 Å². The summed E-state index contributed by atoms with van der Waals surface area (Å²) in [6.07, 6.45) is 19.0. The van der Waals surface area contributed by atoms with E-state index in [0.29, 0.717) is 12.8 Å². The van der Waals surface area contributed by atoms with Crippen LogP contribution in [0.15, 0.2) is 0 Å². The zero-order chi connectivity index (χ0) is 32.0. The van der Waals surface area contributed by atoms with Crippen LogP contribution >= 0.6 is 0 Å². The summed E-state index contributed by atoms with van der Waals surface area (Å²) in [6, 6.07) is 0. The Balaban J connectivity index is 5.07. The van der Waals surface area contributed by atoms with Crippen molar-refractivity contribution in [1.29, 1.82) is 0 Å². The molecular weight excluding hydrogens is 580 g/mol. The van der Waals surface area contributed by atoms with Crippen LogP contribution in [-0.2, 0) is 29.8 Å². The molecule has 0 aliphatic rings. The Hall–Kier alpha value is -1.24. The summed E-state index contributed by atoms with van der Waals surface area (Å²) < 4.78 is 67.0. The molecule has 0 heterocycles. The van der Waals surface area contributed by atoms with Crippen LogP contribution in [0.25, 0.3) is 0 Å². The van der Waals surface area contributed by atoms with Crippen molar-refractivity contribution in [2.75, 3.05) is 13.1 Å². The first-order valence-corrected chi connectivity index (χ1v) is 19.3. The minimum Gasteiger partial charge on any atom is -0.322 e. The Morgan fingerprint density at radius 2 is 0.738 bits per heavy atom. The average molecular weight is 641 g/mol. The van der Waals surface area contributed by atoms with Crippen LogP contribution in [0.4, 0.5) is 0 Å². The lowest BCUT2D eigenvalue weighted by Gasteiger charge is -2.32. The lowest BCUT2D eigenvalue weighted by atomic mass is 10.1. The Labute approximate surface area is 256 Å². The van der Waals surface area contributed by atoms with Crippen LogP contribution in [0, 0.1) is 0 Å². The van der Waals surface area contributed by atoms with Gasteiger partial charge in [0.25, 0.3) is 20.2 Å². The van der Waals surface area contributed by atoms with Gasteiger partial charge < -0.3 is 9.80 Å². The minimum absolute atomic E-state index is 0.0793. The lowest BCUT2D eigenvalue weighted by molar-refractivity contribution is -0.136. The number of hydrogen-bond acceptors (Lipinski definition) is 6. The second-order valence-electron chi connectivity index (χ2n) is 11.6. The predicted molar refractivity (Wildman–Crippen MR) is 169 cm³/mol. The van der Waals surface area contributed by atoms with Gasteiger partial charge in [0.05, 0.1) is 0 Å². The molecule has 0 fully saturated rings. The third-order valence-corrected chi connectivity index (χ3v) is 10.2. The molecule has 10 nitrogen and oxygen atoms in total. The van der Waals surface area contributed by atoms with Crippen LogP contribution in [-0.4, -0.2) is 71.4 Å². The molecule has 0 aromatic carbocycles. The second-order valence-corrected chi connectivity index (χ2v) is 15.0. The van der Waals surface area contributed by atoms with Crippen LogP contribution in [0.1, 0.15) is 156 Å². The smallest absolute Gasteiger partial charge is 0.286 e. The van der Waals surface area contributed by atoms with Gasteiger partial charge in [-0.15, -0.1) is 0 Å². The molecule has 2 amide bonds. The van der Waals surface area contributed by atoms with E-state index in [2.05, 4.69) is 13.8 Å². The van der Waals surface area contributed by atoms with Crippen molar-refractivity contribution in [3.8, 4) is 0 Å². The summed E-state index contributed by atoms with van der Waals surface area (Å²) in [5.41, 5.74) is 0. The summed E-state index contributed by atoms with van der Waals surface area (Å²) in [6.45, 7) is 6.13. The molecule has 0 radical (unpaired) electrons. The zero-order valence-corrected chi connectivity index (χ0v) is 28.4. The molecule has 0 rings (SSSR count). The number of carbonyl (C=O) groups excluding carboxylic acids is 2. The number of amides is 2. The van der Waals surface area contributed by atoms with Gasteiger partial charge in [0.15, 0.2) is 10.7 Å². The fourth-order valence-corrected chi connectivity index (χ4v) is 6.11. The van der Waals surface area contributed by atoms with Gasteiger partial charge in [-0.2, -0.15) is 16.8 Å². The van der Waals surface area contributed by atoms with Crippen molar-refractivity contribution in [2.45, 2.75) is 167 Å². The highest BCUT2D eigenvalue weighted by Crippen LogP contribution is 2.17. The summed E-state index contributed by atoms with van der Waals surface area (Å²) >= 11 is 0. The van der Waals surface area contributed by atoms with Gasteiger partial charge in [0, 0.05) is 25.9 Å². The van der Waals surface area contributed by atoms with Crippen molar-refractivity contribution >= 4 is 32.1 Å². The first-order chi connectivity index (χ1) is 19.8. The Morgan fingerprint density at radius 1 is 0.500 bits per heavy atom. The molecule has 0 aromatic rings. The molecule has 2 unspecified atom stereocenters. The highest BCUT2D eigenvalue weighted by molar-refractivity contribution is 7.86. The maximum absolute atomic E-state index is 13.0. The van der Waals surface area contributed by atoms with Crippen molar-refractivity contribution in [2.24, 2.45) is 0 Å². The van der Waals surface area contributed by atoms with Gasteiger partial charge in [-0.05, 0) is 26.7 Å². The van der Waals surface area contributed by atoms with E-state index in [-0.39, 0.29) is 25.9 Å². The van der Waals surface area contributed by atoms with Gasteiger partial charge >= 0.3 is 0 Å². The molecule has 2 N–H and O–H groups in total. The van der Waals surface area contributed by atoms with E-state index >= 15 is 0 Å². The Morgan fingerprint density at radius 3 is 0.976 bits per heavy atom. The number of hydrogen-bond donors (Lipinski definition) is 2. The molecule has 0 aromatic heterocycles. The normalized spacial score (nSPS) is 13.6. The van der Waals surface area contributed by atoms with Crippen molar-refractivity contribution in [3.63, 3.8) is 0 Å². The quantitative estimate of drug-likeness (QED) is 0.0723.